The lowest BCUT2D eigenvalue weighted by molar-refractivity contribution is -0.140. The van der Waals surface area contributed by atoms with E-state index in [1.165, 1.54) is 7.11 Å². The standard InChI is InChI=1S/C12H22N2O3/c1-17-12(16)6-9-14-11(15)3-2-10-4-7-13-8-5-10/h10,13H,2-9H2,1H3,(H,14,15). The first kappa shape index (κ1) is 14.0. The van der Waals surface area contributed by atoms with Crippen LogP contribution in [0.15, 0.2) is 0 Å². The van der Waals surface area contributed by atoms with Crippen molar-refractivity contribution in [3.8, 4) is 0 Å². The highest BCUT2D eigenvalue weighted by Crippen LogP contribution is 2.17. The Bertz CT molecular complexity index is 250. The van der Waals surface area contributed by atoms with Gasteiger partial charge in [0.1, 0.15) is 0 Å². The number of rotatable bonds is 6. The number of carbonyl (C=O) groups excluding carboxylic acids is 2. The maximum absolute atomic E-state index is 11.5. The Morgan fingerprint density at radius 2 is 2.00 bits per heavy atom. The maximum atomic E-state index is 11.5. The molecule has 1 rings (SSSR count). The van der Waals surface area contributed by atoms with Gasteiger partial charge in [0.2, 0.25) is 5.91 Å². The molecule has 0 bridgehead atoms. The molecule has 0 aromatic rings. The van der Waals surface area contributed by atoms with Crippen LogP contribution in [0.1, 0.15) is 32.1 Å². The fraction of sp³-hybridized carbons (Fsp3) is 0.833. The molecular weight excluding hydrogens is 220 g/mol. The predicted octanol–water partition coefficient (Wildman–Crippen LogP) is 0.445. The Balaban J connectivity index is 2.02. The monoisotopic (exact) mass is 242 g/mol. The summed E-state index contributed by atoms with van der Waals surface area (Å²) in [5, 5.41) is 6.04. The second-order valence-electron chi connectivity index (χ2n) is 4.41. The molecule has 0 saturated carbocycles. The first-order valence-corrected chi connectivity index (χ1v) is 6.26. The topological polar surface area (TPSA) is 67.4 Å². The van der Waals surface area contributed by atoms with Gasteiger partial charge in [-0.1, -0.05) is 0 Å². The van der Waals surface area contributed by atoms with Crippen molar-refractivity contribution in [2.45, 2.75) is 32.1 Å². The Hall–Kier alpha value is -1.10. The summed E-state index contributed by atoms with van der Waals surface area (Å²) in [5.74, 6) is 0.415. The Labute approximate surface area is 102 Å². The zero-order valence-corrected chi connectivity index (χ0v) is 10.5. The van der Waals surface area contributed by atoms with Crippen LogP contribution in [-0.4, -0.2) is 38.6 Å². The minimum absolute atomic E-state index is 0.0347. The van der Waals surface area contributed by atoms with Crippen molar-refractivity contribution in [1.29, 1.82) is 0 Å². The van der Waals surface area contributed by atoms with Gasteiger partial charge >= 0.3 is 5.97 Å². The normalized spacial score (nSPS) is 16.5. The summed E-state index contributed by atoms with van der Waals surface area (Å²) in [5.41, 5.74) is 0. The van der Waals surface area contributed by atoms with Crippen molar-refractivity contribution < 1.29 is 14.3 Å². The summed E-state index contributed by atoms with van der Waals surface area (Å²) in [7, 11) is 1.35. The third-order valence-electron chi connectivity index (χ3n) is 3.12. The number of esters is 1. The lowest BCUT2D eigenvalue weighted by Gasteiger charge is -2.22. The molecule has 17 heavy (non-hydrogen) atoms. The molecular formula is C12H22N2O3. The number of amides is 1. The van der Waals surface area contributed by atoms with Crippen molar-refractivity contribution in [2.75, 3.05) is 26.7 Å². The fourth-order valence-electron chi connectivity index (χ4n) is 2.00. The number of ether oxygens (including phenoxy) is 1. The molecule has 2 N–H and O–H groups in total. The molecule has 98 valence electrons. The van der Waals surface area contributed by atoms with Crippen LogP contribution >= 0.6 is 0 Å². The van der Waals surface area contributed by atoms with E-state index in [1.807, 2.05) is 0 Å². The largest absolute Gasteiger partial charge is 0.469 e. The maximum Gasteiger partial charge on any atom is 0.307 e. The van der Waals surface area contributed by atoms with Gasteiger partial charge < -0.3 is 15.4 Å². The van der Waals surface area contributed by atoms with Gasteiger partial charge in [-0.15, -0.1) is 0 Å². The van der Waals surface area contributed by atoms with E-state index in [0.717, 1.165) is 32.4 Å². The zero-order valence-electron chi connectivity index (χ0n) is 10.5. The SMILES string of the molecule is COC(=O)CCNC(=O)CCC1CCNCC1. The van der Waals surface area contributed by atoms with Crippen LogP contribution < -0.4 is 10.6 Å². The highest BCUT2D eigenvalue weighted by Gasteiger charge is 2.14. The zero-order chi connectivity index (χ0) is 12.5. The Morgan fingerprint density at radius 1 is 1.29 bits per heavy atom. The molecule has 1 heterocycles. The third kappa shape index (κ3) is 6.26. The number of hydrogen-bond donors (Lipinski definition) is 2. The lowest BCUT2D eigenvalue weighted by atomic mass is 9.93. The summed E-state index contributed by atoms with van der Waals surface area (Å²) in [6.45, 7) is 2.50. The van der Waals surface area contributed by atoms with Gasteiger partial charge in [0, 0.05) is 13.0 Å². The number of nitrogens with one attached hydrogen (secondary N) is 2. The minimum atomic E-state index is -0.288. The Kier molecular flexibility index (Phi) is 6.62. The van der Waals surface area contributed by atoms with E-state index in [9.17, 15) is 9.59 Å². The number of methoxy groups -OCH3 is 1. The highest BCUT2D eigenvalue weighted by molar-refractivity contribution is 5.76. The van der Waals surface area contributed by atoms with E-state index in [0.29, 0.717) is 18.9 Å². The van der Waals surface area contributed by atoms with E-state index >= 15 is 0 Å². The molecule has 5 nitrogen and oxygen atoms in total. The second kappa shape index (κ2) is 8.06. The fourth-order valence-corrected chi connectivity index (χ4v) is 2.00. The molecule has 0 radical (unpaired) electrons. The van der Waals surface area contributed by atoms with Crippen molar-refractivity contribution in [3.05, 3.63) is 0 Å². The van der Waals surface area contributed by atoms with E-state index in [2.05, 4.69) is 15.4 Å². The first-order valence-electron chi connectivity index (χ1n) is 6.26. The first-order chi connectivity index (χ1) is 8.22. The molecule has 0 aromatic heterocycles. The van der Waals surface area contributed by atoms with Crippen LogP contribution in [0.2, 0.25) is 0 Å². The molecule has 0 unspecified atom stereocenters. The summed E-state index contributed by atoms with van der Waals surface area (Å²) in [6, 6.07) is 0. The summed E-state index contributed by atoms with van der Waals surface area (Å²) in [4.78, 5) is 22.3. The molecule has 1 fully saturated rings. The van der Waals surface area contributed by atoms with Crippen molar-refractivity contribution in [1.82, 2.24) is 10.6 Å². The van der Waals surface area contributed by atoms with E-state index in [4.69, 9.17) is 0 Å². The molecule has 5 heteroatoms. The van der Waals surface area contributed by atoms with E-state index in [-0.39, 0.29) is 18.3 Å². The average molecular weight is 242 g/mol. The van der Waals surface area contributed by atoms with E-state index < -0.39 is 0 Å². The van der Waals surface area contributed by atoms with Gasteiger partial charge in [-0.2, -0.15) is 0 Å². The van der Waals surface area contributed by atoms with Crippen LogP contribution in [0.25, 0.3) is 0 Å². The van der Waals surface area contributed by atoms with Crippen molar-refractivity contribution >= 4 is 11.9 Å². The summed E-state index contributed by atoms with van der Waals surface area (Å²) in [6.07, 6.45) is 4.08. The summed E-state index contributed by atoms with van der Waals surface area (Å²) < 4.78 is 4.49. The molecule has 1 aliphatic heterocycles. The molecule has 0 aromatic carbocycles. The van der Waals surface area contributed by atoms with Gasteiger partial charge in [-0.05, 0) is 38.3 Å². The van der Waals surface area contributed by atoms with Gasteiger partial charge in [-0.3, -0.25) is 9.59 Å². The number of piperidine rings is 1. The van der Waals surface area contributed by atoms with Gasteiger partial charge in [0.15, 0.2) is 0 Å². The van der Waals surface area contributed by atoms with Crippen LogP contribution in [0.5, 0.6) is 0 Å². The van der Waals surface area contributed by atoms with Crippen LogP contribution in [0.3, 0.4) is 0 Å². The molecule has 0 atom stereocenters. The molecule has 0 spiro atoms. The molecule has 0 aliphatic carbocycles. The van der Waals surface area contributed by atoms with Gasteiger partial charge in [-0.25, -0.2) is 0 Å². The molecule has 1 amide bonds. The van der Waals surface area contributed by atoms with Crippen molar-refractivity contribution in [2.24, 2.45) is 5.92 Å². The quantitative estimate of drug-likeness (QED) is 0.663. The van der Waals surface area contributed by atoms with E-state index in [1.54, 1.807) is 0 Å². The van der Waals surface area contributed by atoms with Gasteiger partial charge in [0.05, 0.1) is 13.5 Å². The lowest BCUT2D eigenvalue weighted by Crippen LogP contribution is -2.30. The van der Waals surface area contributed by atoms with Crippen molar-refractivity contribution in [3.63, 3.8) is 0 Å². The van der Waals surface area contributed by atoms with Crippen LogP contribution in [0, 0.1) is 5.92 Å². The van der Waals surface area contributed by atoms with Crippen LogP contribution in [-0.2, 0) is 14.3 Å². The minimum Gasteiger partial charge on any atom is -0.469 e. The van der Waals surface area contributed by atoms with Crippen LogP contribution in [0.4, 0.5) is 0 Å². The number of carbonyl (C=O) groups is 2. The smallest absolute Gasteiger partial charge is 0.307 e. The third-order valence-corrected chi connectivity index (χ3v) is 3.12. The highest BCUT2D eigenvalue weighted by atomic mass is 16.5. The molecule has 1 aliphatic rings. The second-order valence-corrected chi connectivity index (χ2v) is 4.41. The number of hydrogen-bond acceptors (Lipinski definition) is 4. The Morgan fingerprint density at radius 3 is 2.65 bits per heavy atom. The van der Waals surface area contributed by atoms with Gasteiger partial charge in [0.25, 0.3) is 0 Å². The summed E-state index contributed by atoms with van der Waals surface area (Å²) >= 11 is 0. The molecule has 1 saturated heterocycles. The average Bonchev–Trinajstić information content (AvgIpc) is 2.37. The predicted molar refractivity (Wildman–Crippen MR) is 64.5 cm³/mol.